The van der Waals surface area contributed by atoms with Gasteiger partial charge < -0.3 is 0 Å². The fourth-order valence-electron chi connectivity index (χ4n) is 2.41. The van der Waals surface area contributed by atoms with Gasteiger partial charge in [-0.15, -0.1) is 0 Å². The molecule has 1 aromatic rings. The van der Waals surface area contributed by atoms with E-state index in [0.717, 1.165) is 0 Å². The van der Waals surface area contributed by atoms with Crippen molar-refractivity contribution in [2.45, 2.75) is 49.2 Å². The van der Waals surface area contributed by atoms with E-state index in [2.05, 4.69) is 10.0 Å². The normalized spacial score (nSPS) is 12.5. The van der Waals surface area contributed by atoms with Gasteiger partial charge in [0.05, 0.1) is 4.90 Å². The minimum atomic E-state index is -3.81. The Hall–Kier alpha value is -2.44. The van der Waals surface area contributed by atoms with Gasteiger partial charge in [-0.2, -0.15) is 0 Å². The monoisotopic (exact) mass is 377 g/mol. The SMILES string of the molecule is CC(=O)C/C=C/CCC(=O)C(CCCN=[N+]=[N-])S(=O)(=O)c1ccccc1. The third-order valence-electron chi connectivity index (χ3n) is 3.72. The zero-order chi connectivity index (χ0) is 19.4. The summed E-state index contributed by atoms with van der Waals surface area (Å²) in [5.74, 6) is -0.350. The smallest absolute Gasteiger partial charge is 0.188 e. The molecule has 7 nitrogen and oxygen atoms in total. The number of benzene rings is 1. The molecule has 0 aliphatic carbocycles. The number of azide groups is 1. The van der Waals surface area contributed by atoms with Crippen LogP contribution in [0.4, 0.5) is 0 Å². The number of allylic oxidation sites excluding steroid dienone is 2. The van der Waals surface area contributed by atoms with Gasteiger partial charge in [-0.05, 0) is 43.9 Å². The van der Waals surface area contributed by atoms with Gasteiger partial charge in [-0.1, -0.05) is 35.5 Å². The number of carbonyl (C=O) groups excluding carboxylic acids is 2. The highest BCUT2D eigenvalue weighted by molar-refractivity contribution is 7.92. The van der Waals surface area contributed by atoms with Crippen LogP contribution in [-0.2, 0) is 19.4 Å². The van der Waals surface area contributed by atoms with Gasteiger partial charge in [0.1, 0.15) is 11.0 Å². The van der Waals surface area contributed by atoms with Crippen molar-refractivity contribution >= 4 is 21.4 Å². The quantitative estimate of drug-likeness (QED) is 0.181. The lowest BCUT2D eigenvalue weighted by molar-refractivity contribution is -0.118. The average Bonchev–Trinajstić information content (AvgIpc) is 2.61. The van der Waals surface area contributed by atoms with Gasteiger partial charge in [0.2, 0.25) is 0 Å². The number of ketones is 2. The van der Waals surface area contributed by atoms with E-state index in [1.807, 2.05) is 0 Å². The van der Waals surface area contributed by atoms with Crippen molar-refractivity contribution in [1.29, 1.82) is 0 Å². The third-order valence-corrected chi connectivity index (χ3v) is 5.90. The molecule has 0 bridgehead atoms. The van der Waals surface area contributed by atoms with E-state index < -0.39 is 15.1 Å². The second-order valence-electron chi connectivity index (χ2n) is 5.83. The molecule has 8 heteroatoms. The van der Waals surface area contributed by atoms with Crippen molar-refractivity contribution in [2.75, 3.05) is 6.54 Å². The van der Waals surface area contributed by atoms with Gasteiger partial charge in [0.25, 0.3) is 0 Å². The van der Waals surface area contributed by atoms with Gasteiger partial charge in [-0.25, -0.2) is 8.42 Å². The summed E-state index contributed by atoms with van der Waals surface area (Å²) in [6.07, 6.45) is 4.56. The summed E-state index contributed by atoms with van der Waals surface area (Å²) in [5.41, 5.74) is 8.33. The highest BCUT2D eigenvalue weighted by Crippen LogP contribution is 2.22. The summed E-state index contributed by atoms with van der Waals surface area (Å²) in [6.45, 7) is 1.62. The molecule has 0 aromatic heterocycles. The maximum atomic E-state index is 12.8. The summed E-state index contributed by atoms with van der Waals surface area (Å²) in [6, 6.07) is 7.86. The van der Waals surface area contributed by atoms with E-state index in [4.69, 9.17) is 5.53 Å². The molecule has 1 unspecified atom stereocenters. The third kappa shape index (κ3) is 7.21. The molecule has 26 heavy (non-hydrogen) atoms. The van der Waals surface area contributed by atoms with Crippen molar-refractivity contribution in [3.63, 3.8) is 0 Å². The van der Waals surface area contributed by atoms with Crippen molar-refractivity contribution in [3.8, 4) is 0 Å². The lowest BCUT2D eigenvalue weighted by Crippen LogP contribution is -2.30. The maximum absolute atomic E-state index is 12.8. The average molecular weight is 377 g/mol. The van der Waals surface area contributed by atoms with E-state index in [1.165, 1.54) is 19.1 Å². The van der Waals surface area contributed by atoms with Crippen molar-refractivity contribution in [3.05, 3.63) is 52.9 Å². The molecular weight excluding hydrogens is 354 g/mol. The maximum Gasteiger partial charge on any atom is 0.188 e. The van der Waals surface area contributed by atoms with Crippen LogP contribution < -0.4 is 0 Å². The number of sulfone groups is 1. The number of Topliss-reactive ketones (excluding diaryl/α,β-unsaturated/α-hetero) is 2. The summed E-state index contributed by atoms with van der Waals surface area (Å²) in [7, 11) is -3.81. The first-order valence-electron chi connectivity index (χ1n) is 8.36. The second-order valence-corrected chi connectivity index (χ2v) is 7.96. The van der Waals surface area contributed by atoms with Crippen LogP contribution >= 0.6 is 0 Å². The second kappa shape index (κ2) is 11.2. The molecule has 0 radical (unpaired) electrons. The largest absolute Gasteiger partial charge is 0.300 e. The molecule has 0 spiro atoms. The molecule has 0 aliphatic rings. The molecule has 1 atom stereocenters. The van der Waals surface area contributed by atoms with E-state index in [0.29, 0.717) is 19.3 Å². The number of carbonyl (C=O) groups is 2. The molecule has 0 fully saturated rings. The van der Waals surface area contributed by atoms with Crippen LogP contribution in [0.1, 0.15) is 39.0 Å². The molecule has 0 saturated carbocycles. The Labute approximate surface area is 153 Å². The first-order valence-corrected chi connectivity index (χ1v) is 9.91. The minimum absolute atomic E-state index is 0.0233. The lowest BCUT2D eigenvalue weighted by atomic mass is 10.1. The molecule has 1 aromatic carbocycles. The highest BCUT2D eigenvalue weighted by Gasteiger charge is 2.32. The number of nitrogens with zero attached hydrogens (tertiary/aromatic N) is 3. The van der Waals surface area contributed by atoms with Crippen molar-refractivity contribution < 1.29 is 18.0 Å². The van der Waals surface area contributed by atoms with Gasteiger partial charge in [0.15, 0.2) is 15.6 Å². The van der Waals surface area contributed by atoms with Crippen LogP contribution in [0, 0.1) is 0 Å². The summed E-state index contributed by atoms with van der Waals surface area (Å²) < 4.78 is 25.7. The first kappa shape index (κ1) is 21.6. The zero-order valence-corrected chi connectivity index (χ0v) is 15.6. The molecule has 0 aliphatic heterocycles. The lowest BCUT2D eigenvalue weighted by Gasteiger charge is -2.16. The highest BCUT2D eigenvalue weighted by atomic mass is 32.2. The molecule has 0 amide bonds. The standard InChI is InChI=1S/C18H23N3O4S/c1-15(22)9-4-2-7-12-17(23)18(13-8-14-20-21-19)26(24,25)16-10-5-3-6-11-16/h2-6,10-11,18H,7-9,12-14H2,1H3/b4-2+. The molecule has 140 valence electrons. The molecule has 1 rings (SSSR count). The van der Waals surface area contributed by atoms with Crippen LogP contribution in [0.15, 0.2) is 52.5 Å². The van der Waals surface area contributed by atoms with Gasteiger partial charge in [0, 0.05) is 24.3 Å². The molecule has 0 heterocycles. The van der Waals surface area contributed by atoms with Gasteiger partial charge >= 0.3 is 0 Å². The summed E-state index contributed by atoms with van der Waals surface area (Å²) >= 11 is 0. The van der Waals surface area contributed by atoms with Crippen LogP contribution in [0.3, 0.4) is 0 Å². The van der Waals surface area contributed by atoms with E-state index in [-0.39, 0.29) is 35.8 Å². The Kier molecular flexibility index (Phi) is 9.33. The molecular formula is C18H23N3O4S. The van der Waals surface area contributed by atoms with Crippen molar-refractivity contribution in [2.24, 2.45) is 5.11 Å². The summed E-state index contributed by atoms with van der Waals surface area (Å²) in [5, 5.41) is 2.23. The Morgan fingerprint density at radius 1 is 1.23 bits per heavy atom. The van der Waals surface area contributed by atoms with Crippen LogP contribution in [0.2, 0.25) is 0 Å². The predicted molar refractivity (Wildman–Crippen MR) is 99.3 cm³/mol. The van der Waals surface area contributed by atoms with E-state index in [9.17, 15) is 18.0 Å². The number of hydrogen-bond acceptors (Lipinski definition) is 5. The van der Waals surface area contributed by atoms with Crippen LogP contribution in [0.5, 0.6) is 0 Å². The van der Waals surface area contributed by atoms with Crippen LogP contribution in [-0.4, -0.2) is 31.8 Å². The fraction of sp³-hybridized carbons (Fsp3) is 0.444. The summed E-state index contributed by atoms with van der Waals surface area (Å²) in [4.78, 5) is 26.2. The molecule has 0 saturated heterocycles. The Balaban J connectivity index is 2.86. The van der Waals surface area contributed by atoms with Crippen LogP contribution in [0.25, 0.3) is 10.4 Å². The minimum Gasteiger partial charge on any atom is -0.300 e. The van der Waals surface area contributed by atoms with E-state index in [1.54, 1.807) is 30.4 Å². The number of rotatable bonds is 12. The fourth-order valence-corrected chi connectivity index (χ4v) is 4.22. The van der Waals surface area contributed by atoms with Crippen molar-refractivity contribution in [1.82, 2.24) is 0 Å². The first-order chi connectivity index (χ1) is 12.4. The topological polar surface area (TPSA) is 117 Å². The number of hydrogen-bond donors (Lipinski definition) is 0. The van der Waals surface area contributed by atoms with E-state index >= 15 is 0 Å². The molecule has 0 N–H and O–H groups in total. The zero-order valence-electron chi connectivity index (χ0n) is 14.7. The van der Waals surface area contributed by atoms with Gasteiger partial charge in [-0.3, -0.25) is 9.59 Å². The Bertz CT molecular complexity index is 782. The predicted octanol–water partition coefficient (Wildman–Crippen LogP) is 3.80. The Morgan fingerprint density at radius 2 is 1.92 bits per heavy atom. The Morgan fingerprint density at radius 3 is 2.54 bits per heavy atom.